The van der Waals surface area contributed by atoms with Gasteiger partial charge in [-0.3, -0.25) is 19.0 Å². The molecule has 3 aromatic heterocycles. The highest BCUT2D eigenvalue weighted by Gasteiger charge is 2.39. The van der Waals surface area contributed by atoms with Gasteiger partial charge >= 0.3 is 5.69 Å². The van der Waals surface area contributed by atoms with Gasteiger partial charge in [-0.15, -0.1) is 4.80 Å². The first-order valence-electron chi connectivity index (χ1n) is 13.5. The number of thiophene rings is 1. The number of halogens is 1. The molecule has 1 amide bonds. The zero-order chi connectivity index (χ0) is 31.1. The Morgan fingerprint density at radius 1 is 1.14 bits per heavy atom. The van der Waals surface area contributed by atoms with Crippen molar-refractivity contribution in [2.45, 2.75) is 45.9 Å². The van der Waals surface area contributed by atoms with Crippen LogP contribution in [0, 0.1) is 12.7 Å². The summed E-state index contributed by atoms with van der Waals surface area (Å²) in [5.74, 6) is -0.971. The van der Waals surface area contributed by atoms with Crippen molar-refractivity contribution >= 4 is 33.2 Å². The Kier molecular flexibility index (Phi) is 8.16. The van der Waals surface area contributed by atoms with E-state index >= 15 is 0 Å². The normalized spacial score (nSPS) is 14.0. The fourth-order valence-corrected chi connectivity index (χ4v) is 6.43. The second-order valence-electron chi connectivity index (χ2n) is 10.7. The molecule has 12 nitrogen and oxygen atoms in total. The number of fused-ring (bicyclic) bond motifs is 1. The van der Waals surface area contributed by atoms with Crippen molar-refractivity contribution in [2.75, 3.05) is 26.8 Å². The van der Waals surface area contributed by atoms with E-state index in [4.69, 9.17) is 9.47 Å². The molecule has 0 saturated heterocycles. The molecule has 0 bridgehead atoms. The predicted octanol–water partition coefficient (Wildman–Crippen LogP) is 2.74. The molecule has 0 saturated carbocycles. The van der Waals surface area contributed by atoms with Gasteiger partial charge in [-0.05, 0) is 45.9 Å². The van der Waals surface area contributed by atoms with E-state index in [0.29, 0.717) is 23.7 Å². The average Bonchev–Trinajstić information content (AvgIpc) is 3.74. The first-order valence-corrected chi connectivity index (χ1v) is 14.3. The van der Waals surface area contributed by atoms with Crippen LogP contribution in [0.5, 0.6) is 5.75 Å². The fraction of sp³-hybridized carbons (Fsp3) is 0.379. The Bertz CT molecular complexity index is 1850. The summed E-state index contributed by atoms with van der Waals surface area (Å²) in [6, 6.07) is 3.87. The van der Waals surface area contributed by atoms with Gasteiger partial charge in [-0.25, -0.2) is 13.8 Å². The third-order valence-corrected chi connectivity index (χ3v) is 8.63. The maximum atomic E-state index is 14.5. The lowest BCUT2D eigenvalue weighted by Gasteiger charge is -2.31. The number of aryl methyl sites for hydroxylation is 1. The highest BCUT2D eigenvalue weighted by Crippen LogP contribution is 2.34. The molecule has 4 heterocycles. The molecular formula is C29H31FN6O6S. The standard InChI is InChI=1S/C29H31FN6O6S/c1-17(37)16-42-22(20-14-19(30)8-9-21(20)41-5)15-34-26-23(18(2)25(43-26)36-31-10-11-32-36)24(38)35(28(34)40)29(3,4)27(39)33-12-6-7-13-33/h6-11,14,22H,12-13,15-16H2,1-5H3/t22-/m0/s1. The Morgan fingerprint density at radius 2 is 1.81 bits per heavy atom. The molecule has 1 aliphatic heterocycles. The predicted molar refractivity (Wildman–Crippen MR) is 157 cm³/mol. The number of benzene rings is 1. The van der Waals surface area contributed by atoms with E-state index in [2.05, 4.69) is 10.2 Å². The smallest absolute Gasteiger partial charge is 0.333 e. The maximum Gasteiger partial charge on any atom is 0.333 e. The Balaban J connectivity index is 1.77. The SMILES string of the molecule is COc1ccc(F)cc1[C@H](Cn1c(=O)n(C(C)(C)C(=O)N2CC=CC2)c(=O)c2c(C)c(-n3nccn3)sc21)OCC(C)=O. The van der Waals surface area contributed by atoms with Gasteiger partial charge in [0.05, 0.1) is 31.4 Å². The third-order valence-electron chi connectivity index (χ3n) is 7.35. The molecule has 0 unspecified atom stereocenters. The van der Waals surface area contributed by atoms with Crippen LogP contribution in [0.4, 0.5) is 4.39 Å². The molecule has 1 atom stereocenters. The van der Waals surface area contributed by atoms with Crippen molar-refractivity contribution in [3.8, 4) is 10.8 Å². The van der Waals surface area contributed by atoms with E-state index < -0.39 is 34.6 Å². The van der Waals surface area contributed by atoms with Crippen molar-refractivity contribution in [1.29, 1.82) is 0 Å². The number of aromatic nitrogens is 5. The van der Waals surface area contributed by atoms with Gasteiger partial charge in [0.15, 0.2) is 5.78 Å². The zero-order valence-corrected chi connectivity index (χ0v) is 25.2. The number of hydrogen-bond acceptors (Lipinski definition) is 9. The van der Waals surface area contributed by atoms with Crippen LogP contribution in [-0.4, -0.2) is 67.5 Å². The van der Waals surface area contributed by atoms with Crippen molar-refractivity contribution in [2.24, 2.45) is 0 Å². The second kappa shape index (κ2) is 11.7. The van der Waals surface area contributed by atoms with Crippen LogP contribution >= 0.6 is 11.3 Å². The number of carbonyl (C=O) groups is 2. The van der Waals surface area contributed by atoms with Crippen LogP contribution in [0.3, 0.4) is 0 Å². The number of carbonyl (C=O) groups excluding carboxylic acids is 2. The quantitative estimate of drug-likeness (QED) is 0.251. The Labute approximate surface area is 249 Å². The molecule has 0 N–H and O–H groups in total. The number of hydrogen-bond donors (Lipinski definition) is 0. The summed E-state index contributed by atoms with van der Waals surface area (Å²) >= 11 is 1.12. The molecule has 0 aliphatic carbocycles. The van der Waals surface area contributed by atoms with Crippen molar-refractivity contribution in [3.05, 3.63) is 80.5 Å². The van der Waals surface area contributed by atoms with Crippen LogP contribution < -0.4 is 16.0 Å². The molecule has 0 radical (unpaired) electrons. The third kappa shape index (κ3) is 5.43. The lowest BCUT2D eigenvalue weighted by Crippen LogP contribution is -2.56. The van der Waals surface area contributed by atoms with Crippen LogP contribution in [0.25, 0.3) is 15.2 Å². The molecule has 5 rings (SSSR count). The summed E-state index contributed by atoms with van der Waals surface area (Å²) in [6.45, 7) is 6.30. The van der Waals surface area contributed by atoms with Crippen LogP contribution in [0.1, 0.15) is 38.0 Å². The van der Waals surface area contributed by atoms with Crippen molar-refractivity contribution in [3.63, 3.8) is 0 Å². The first-order chi connectivity index (χ1) is 20.4. The summed E-state index contributed by atoms with van der Waals surface area (Å²) < 4.78 is 28.2. The van der Waals surface area contributed by atoms with Gasteiger partial charge in [-0.1, -0.05) is 23.5 Å². The monoisotopic (exact) mass is 610 g/mol. The average molecular weight is 611 g/mol. The van der Waals surface area contributed by atoms with Crippen LogP contribution in [-0.2, 0) is 26.4 Å². The lowest BCUT2D eigenvalue weighted by molar-refractivity contribution is -0.138. The first kappa shape index (κ1) is 30.0. The highest BCUT2D eigenvalue weighted by molar-refractivity contribution is 7.21. The molecule has 43 heavy (non-hydrogen) atoms. The minimum absolute atomic E-state index is 0.203. The minimum Gasteiger partial charge on any atom is -0.496 e. The number of Topliss-reactive ketones (excluding diaryl/α,β-unsaturated/α-hetero) is 1. The number of ketones is 1. The van der Waals surface area contributed by atoms with E-state index in [1.165, 1.54) is 67.8 Å². The Hall–Kier alpha value is -4.43. The van der Waals surface area contributed by atoms with E-state index in [1.54, 1.807) is 11.8 Å². The molecule has 226 valence electrons. The Morgan fingerprint density at radius 3 is 2.44 bits per heavy atom. The van der Waals surface area contributed by atoms with Gasteiger partial charge < -0.3 is 14.4 Å². The van der Waals surface area contributed by atoms with E-state index in [9.17, 15) is 23.6 Å². The largest absolute Gasteiger partial charge is 0.496 e. The molecule has 1 aliphatic rings. The van der Waals surface area contributed by atoms with Crippen molar-refractivity contribution in [1.82, 2.24) is 29.0 Å². The van der Waals surface area contributed by atoms with Gasteiger partial charge in [0.1, 0.15) is 39.6 Å². The minimum atomic E-state index is -1.57. The molecule has 0 fully saturated rings. The van der Waals surface area contributed by atoms with Gasteiger partial charge in [0.2, 0.25) is 5.91 Å². The molecule has 1 aromatic carbocycles. The van der Waals surface area contributed by atoms with E-state index in [1.807, 2.05) is 12.2 Å². The summed E-state index contributed by atoms with van der Waals surface area (Å²) in [7, 11) is 1.41. The summed E-state index contributed by atoms with van der Waals surface area (Å²) in [5, 5.41) is 9.10. The number of rotatable bonds is 10. The molecule has 14 heteroatoms. The summed E-state index contributed by atoms with van der Waals surface area (Å²) in [6.07, 6.45) is 5.62. The zero-order valence-electron chi connectivity index (χ0n) is 24.4. The summed E-state index contributed by atoms with van der Waals surface area (Å²) in [5.41, 5.74) is -2.20. The fourth-order valence-electron chi connectivity index (χ4n) is 5.21. The molecular weight excluding hydrogens is 579 g/mol. The number of amides is 1. The van der Waals surface area contributed by atoms with Gasteiger partial charge in [0, 0.05) is 24.2 Å². The van der Waals surface area contributed by atoms with E-state index in [-0.39, 0.29) is 40.5 Å². The second-order valence-corrected chi connectivity index (χ2v) is 11.7. The number of ether oxygens (including phenoxy) is 2. The van der Waals surface area contributed by atoms with E-state index in [0.717, 1.165) is 15.9 Å². The number of nitrogens with zero attached hydrogens (tertiary/aromatic N) is 6. The van der Waals surface area contributed by atoms with Crippen LogP contribution in [0.2, 0.25) is 0 Å². The highest BCUT2D eigenvalue weighted by atomic mass is 32.1. The lowest BCUT2D eigenvalue weighted by atomic mass is 10.0. The molecule has 0 spiro atoms. The van der Waals surface area contributed by atoms with Crippen molar-refractivity contribution < 1.29 is 23.5 Å². The topological polar surface area (TPSA) is 131 Å². The van der Waals surface area contributed by atoms with Crippen LogP contribution in [0.15, 0.2) is 52.3 Å². The summed E-state index contributed by atoms with van der Waals surface area (Å²) in [4.78, 5) is 57.3. The van der Waals surface area contributed by atoms with Gasteiger partial charge in [0.25, 0.3) is 5.56 Å². The maximum absolute atomic E-state index is 14.5. The number of methoxy groups -OCH3 is 1. The molecule has 4 aromatic rings. The van der Waals surface area contributed by atoms with Gasteiger partial charge in [-0.2, -0.15) is 10.2 Å².